The van der Waals surface area contributed by atoms with E-state index in [-0.39, 0.29) is 13.2 Å². The van der Waals surface area contributed by atoms with Crippen molar-refractivity contribution < 1.29 is 22.7 Å². The predicted molar refractivity (Wildman–Crippen MR) is 57.7 cm³/mol. The Morgan fingerprint density at radius 3 is 2.56 bits per heavy atom. The maximum atomic E-state index is 12.8. The van der Waals surface area contributed by atoms with Crippen LogP contribution in [0.3, 0.4) is 0 Å². The lowest BCUT2D eigenvalue weighted by atomic mass is 10.1. The molecule has 1 aromatic rings. The van der Waals surface area contributed by atoms with Crippen molar-refractivity contribution in [3.8, 4) is 0 Å². The number of carbonyl (C=O) groups is 1. The highest BCUT2D eigenvalue weighted by molar-refractivity contribution is 5.78. The van der Waals surface area contributed by atoms with E-state index in [4.69, 9.17) is 0 Å². The molecule has 0 radical (unpaired) electrons. The third-order valence-corrected chi connectivity index (χ3v) is 2.77. The molecule has 1 saturated heterocycles. The number of carbonyl (C=O) groups excluding carboxylic acids is 1. The standard InChI is InChI=1S/C12H12F3NO2/c13-12(14,15)10-7-18-8-11(17)16(10)6-9-4-2-1-3-5-9/h1-5,10H,6-8H2/t10-/m1/s1. The summed E-state index contributed by atoms with van der Waals surface area (Å²) in [4.78, 5) is 12.4. The summed E-state index contributed by atoms with van der Waals surface area (Å²) in [5, 5.41) is 0. The molecule has 98 valence electrons. The summed E-state index contributed by atoms with van der Waals surface area (Å²) >= 11 is 0. The molecule has 0 spiro atoms. The van der Waals surface area contributed by atoms with E-state index in [2.05, 4.69) is 4.74 Å². The zero-order valence-corrected chi connectivity index (χ0v) is 9.48. The van der Waals surface area contributed by atoms with E-state index in [0.717, 1.165) is 4.90 Å². The van der Waals surface area contributed by atoms with Crippen molar-refractivity contribution in [2.45, 2.75) is 18.8 Å². The predicted octanol–water partition coefficient (Wildman–Crippen LogP) is 1.98. The molecule has 6 heteroatoms. The number of rotatable bonds is 2. The molecule has 1 aromatic carbocycles. The Morgan fingerprint density at radius 1 is 1.28 bits per heavy atom. The zero-order valence-electron chi connectivity index (χ0n) is 9.48. The summed E-state index contributed by atoms with van der Waals surface area (Å²) in [6, 6.07) is 6.74. The number of amides is 1. The summed E-state index contributed by atoms with van der Waals surface area (Å²) in [5.74, 6) is -0.632. The van der Waals surface area contributed by atoms with Gasteiger partial charge in [-0.05, 0) is 5.56 Å². The Bertz CT molecular complexity index is 419. The number of alkyl halides is 3. The van der Waals surface area contributed by atoms with E-state index in [1.165, 1.54) is 0 Å². The van der Waals surface area contributed by atoms with Crippen molar-refractivity contribution in [1.82, 2.24) is 4.90 Å². The molecular formula is C12H12F3NO2. The van der Waals surface area contributed by atoms with E-state index in [1.54, 1.807) is 30.3 Å². The number of ether oxygens (including phenoxy) is 1. The van der Waals surface area contributed by atoms with Gasteiger partial charge in [-0.1, -0.05) is 30.3 Å². The van der Waals surface area contributed by atoms with E-state index in [0.29, 0.717) is 5.56 Å². The molecule has 1 heterocycles. The third kappa shape index (κ3) is 2.81. The topological polar surface area (TPSA) is 29.5 Å². The SMILES string of the molecule is O=C1COC[C@H](C(F)(F)F)N1Cc1ccccc1. The second-order valence-corrected chi connectivity index (χ2v) is 4.08. The van der Waals surface area contributed by atoms with E-state index in [1.807, 2.05) is 0 Å². The minimum Gasteiger partial charge on any atom is -0.369 e. The van der Waals surface area contributed by atoms with Gasteiger partial charge >= 0.3 is 6.18 Å². The fourth-order valence-electron chi connectivity index (χ4n) is 1.85. The van der Waals surface area contributed by atoms with Crippen molar-refractivity contribution >= 4 is 5.91 Å². The lowest BCUT2D eigenvalue weighted by Gasteiger charge is -2.36. The molecule has 1 amide bonds. The van der Waals surface area contributed by atoms with Gasteiger partial charge in [-0.25, -0.2) is 0 Å². The fraction of sp³-hybridized carbons (Fsp3) is 0.417. The highest BCUT2D eigenvalue weighted by Crippen LogP contribution is 2.28. The summed E-state index contributed by atoms with van der Waals surface area (Å²) in [7, 11) is 0. The van der Waals surface area contributed by atoms with Crippen LogP contribution in [0.2, 0.25) is 0 Å². The number of nitrogens with zero attached hydrogens (tertiary/aromatic N) is 1. The summed E-state index contributed by atoms with van der Waals surface area (Å²) in [6.45, 7) is -0.839. The first-order valence-electron chi connectivity index (χ1n) is 5.46. The molecule has 1 aliphatic rings. The van der Waals surface area contributed by atoms with Crippen LogP contribution in [0.15, 0.2) is 30.3 Å². The first kappa shape index (κ1) is 12.9. The molecule has 0 aromatic heterocycles. The van der Waals surface area contributed by atoms with Crippen LogP contribution in [0.5, 0.6) is 0 Å². The molecule has 1 fully saturated rings. The van der Waals surface area contributed by atoms with Crippen LogP contribution in [0, 0.1) is 0 Å². The maximum absolute atomic E-state index is 12.8. The van der Waals surface area contributed by atoms with Gasteiger partial charge in [-0.2, -0.15) is 13.2 Å². The molecule has 0 unspecified atom stereocenters. The largest absolute Gasteiger partial charge is 0.411 e. The minimum atomic E-state index is -4.47. The summed E-state index contributed by atoms with van der Waals surface area (Å²) in [6.07, 6.45) is -4.47. The van der Waals surface area contributed by atoms with Crippen LogP contribution >= 0.6 is 0 Å². The van der Waals surface area contributed by atoms with Gasteiger partial charge in [0.15, 0.2) is 6.04 Å². The van der Waals surface area contributed by atoms with Gasteiger partial charge in [-0.3, -0.25) is 4.79 Å². The van der Waals surface area contributed by atoms with Crippen LogP contribution in [-0.4, -0.2) is 36.2 Å². The van der Waals surface area contributed by atoms with Crippen LogP contribution in [0.25, 0.3) is 0 Å². The molecule has 18 heavy (non-hydrogen) atoms. The molecular weight excluding hydrogens is 247 g/mol. The Balaban J connectivity index is 2.18. The zero-order chi connectivity index (χ0) is 13.2. The highest BCUT2D eigenvalue weighted by atomic mass is 19.4. The van der Waals surface area contributed by atoms with Gasteiger partial charge in [0, 0.05) is 6.54 Å². The maximum Gasteiger partial charge on any atom is 0.411 e. The number of benzene rings is 1. The van der Waals surface area contributed by atoms with Crippen molar-refractivity contribution in [1.29, 1.82) is 0 Å². The number of halogens is 3. The Kier molecular flexibility index (Phi) is 3.56. The van der Waals surface area contributed by atoms with E-state index >= 15 is 0 Å². The monoisotopic (exact) mass is 259 g/mol. The van der Waals surface area contributed by atoms with Crippen molar-refractivity contribution in [3.05, 3.63) is 35.9 Å². The van der Waals surface area contributed by atoms with Crippen molar-refractivity contribution in [2.24, 2.45) is 0 Å². The number of hydrogen-bond acceptors (Lipinski definition) is 2. The van der Waals surface area contributed by atoms with Gasteiger partial charge in [0.05, 0.1) is 6.61 Å². The second-order valence-electron chi connectivity index (χ2n) is 4.08. The van der Waals surface area contributed by atoms with Crippen LogP contribution < -0.4 is 0 Å². The fourth-order valence-corrected chi connectivity index (χ4v) is 1.85. The number of hydrogen-bond donors (Lipinski definition) is 0. The van der Waals surface area contributed by atoms with Gasteiger partial charge in [0.2, 0.25) is 5.91 Å². The van der Waals surface area contributed by atoms with Crippen LogP contribution in [0.4, 0.5) is 13.2 Å². The average molecular weight is 259 g/mol. The van der Waals surface area contributed by atoms with E-state index < -0.39 is 24.7 Å². The van der Waals surface area contributed by atoms with Gasteiger partial charge in [0.1, 0.15) is 6.61 Å². The van der Waals surface area contributed by atoms with Crippen molar-refractivity contribution in [3.63, 3.8) is 0 Å². The third-order valence-electron chi connectivity index (χ3n) is 2.77. The van der Waals surface area contributed by atoms with Gasteiger partial charge in [0.25, 0.3) is 0 Å². The van der Waals surface area contributed by atoms with Crippen molar-refractivity contribution in [2.75, 3.05) is 13.2 Å². The normalized spacial score (nSPS) is 21.2. The van der Waals surface area contributed by atoms with Crippen LogP contribution in [-0.2, 0) is 16.1 Å². The smallest absolute Gasteiger partial charge is 0.369 e. The first-order chi connectivity index (χ1) is 8.48. The van der Waals surface area contributed by atoms with Gasteiger partial charge < -0.3 is 9.64 Å². The quantitative estimate of drug-likeness (QED) is 0.812. The Hall–Kier alpha value is -1.56. The molecule has 0 N–H and O–H groups in total. The lowest BCUT2D eigenvalue weighted by Crippen LogP contribution is -2.55. The second kappa shape index (κ2) is 4.97. The molecule has 3 nitrogen and oxygen atoms in total. The van der Waals surface area contributed by atoms with E-state index in [9.17, 15) is 18.0 Å². The van der Waals surface area contributed by atoms with Gasteiger partial charge in [-0.15, -0.1) is 0 Å². The first-order valence-corrected chi connectivity index (χ1v) is 5.46. The molecule has 1 atom stereocenters. The Labute approximate surface area is 102 Å². The summed E-state index contributed by atoms with van der Waals surface area (Å²) < 4.78 is 43.1. The Morgan fingerprint density at radius 2 is 1.94 bits per heavy atom. The molecule has 1 aliphatic heterocycles. The molecule has 0 aliphatic carbocycles. The van der Waals surface area contributed by atoms with Crippen LogP contribution in [0.1, 0.15) is 5.56 Å². The minimum absolute atomic E-state index is 0.0484. The number of morpholine rings is 1. The molecule has 0 bridgehead atoms. The lowest BCUT2D eigenvalue weighted by molar-refractivity contribution is -0.215. The molecule has 0 saturated carbocycles. The average Bonchev–Trinajstić information content (AvgIpc) is 2.32. The summed E-state index contributed by atoms with van der Waals surface area (Å²) in [5.41, 5.74) is 0.669. The molecule has 2 rings (SSSR count). The highest BCUT2D eigenvalue weighted by Gasteiger charge is 2.47.